The molecule has 19 heavy (non-hydrogen) atoms. The first-order valence-electron chi connectivity index (χ1n) is 6.53. The van der Waals surface area contributed by atoms with Crippen molar-refractivity contribution in [3.05, 3.63) is 22.7 Å². The Labute approximate surface area is 123 Å². The van der Waals surface area contributed by atoms with Gasteiger partial charge >= 0.3 is 0 Å². The van der Waals surface area contributed by atoms with Crippen molar-refractivity contribution in [1.82, 2.24) is 4.31 Å². The molecule has 0 spiro atoms. The molecule has 1 aliphatic rings. The predicted molar refractivity (Wildman–Crippen MR) is 80.4 cm³/mol. The SMILES string of the molecule is CCCCN(C1CC1)S(=O)(=O)c1ccc(N)c(Br)c1. The van der Waals surface area contributed by atoms with Crippen LogP contribution in [0.4, 0.5) is 5.69 Å². The van der Waals surface area contributed by atoms with Gasteiger partial charge in [0.05, 0.1) is 4.90 Å². The Balaban J connectivity index is 2.30. The molecular formula is C13H19BrN2O2S. The Morgan fingerprint density at radius 3 is 2.63 bits per heavy atom. The number of halogens is 1. The molecule has 0 aliphatic heterocycles. The first kappa shape index (κ1) is 14.8. The summed E-state index contributed by atoms with van der Waals surface area (Å²) in [5.74, 6) is 0. The lowest BCUT2D eigenvalue weighted by Crippen LogP contribution is -2.34. The third kappa shape index (κ3) is 3.30. The third-order valence-corrected chi connectivity index (χ3v) is 5.90. The summed E-state index contributed by atoms with van der Waals surface area (Å²) in [5, 5.41) is 0. The van der Waals surface area contributed by atoms with Gasteiger partial charge in [-0.05, 0) is 53.4 Å². The molecule has 6 heteroatoms. The summed E-state index contributed by atoms with van der Waals surface area (Å²) in [6.07, 6.45) is 3.83. The van der Waals surface area contributed by atoms with Gasteiger partial charge in [0.25, 0.3) is 0 Å². The van der Waals surface area contributed by atoms with Crippen LogP contribution in [0, 0.1) is 0 Å². The smallest absolute Gasteiger partial charge is 0.243 e. The molecule has 1 saturated carbocycles. The largest absolute Gasteiger partial charge is 0.398 e. The molecule has 0 aromatic heterocycles. The minimum absolute atomic E-state index is 0.188. The molecule has 0 atom stereocenters. The van der Waals surface area contributed by atoms with Gasteiger partial charge in [-0.1, -0.05) is 13.3 Å². The summed E-state index contributed by atoms with van der Waals surface area (Å²) in [6.45, 7) is 2.67. The summed E-state index contributed by atoms with van der Waals surface area (Å²) in [5.41, 5.74) is 6.25. The van der Waals surface area contributed by atoms with Gasteiger partial charge in [-0.2, -0.15) is 4.31 Å². The Morgan fingerprint density at radius 2 is 2.11 bits per heavy atom. The van der Waals surface area contributed by atoms with E-state index in [1.54, 1.807) is 22.5 Å². The first-order valence-corrected chi connectivity index (χ1v) is 8.77. The number of hydrogen-bond donors (Lipinski definition) is 1. The Morgan fingerprint density at radius 1 is 1.42 bits per heavy atom. The Kier molecular flexibility index (Phi) is 4.53. The number of hydrogen-bond acceptors (Lipinski definition) is 3. The van der Waals surface area contributed by atoms with E-state index < -0.39 is 10.0 Å². The summed E-state index contributed by atoms with van der Waals surface area (Å²) in [6, 6.07) is 4.98. The second kappa shape index (κ2) is 5.81. The molecule has 1 aromatic carbocycles. The van der Waals surface area contributed by atoms with E-state index in [2.05, 4.69) is 22.9 Å². The van der Waals surface area contributed by atoms with Crippen LogP contribution >= 0.6 is 15.9 Å². The van der Waals surface area contributed by atoms with Crippen LogP contribution in [0.25, 0.3) is 0 Å². The quantitative estimate of drug-likeness (QED) is 0.805. The molecule has 0 unspecified atom stereocenters. The van der Waals surface area contributed by atoms with Crippen molar-refractivity contribution in [2.24, 2.45) is 0 Å². The minimum Gasteiger partial charge on any atom is -0.398 e. The summed E-state index contributed by atoms with van der Waals surface area (Å²) in [4.78, 5) is 0.316. The number of anilines is 1. The molecule has 0 radical (unpaired) electrons. The first-order chi connectivity index (χ1) is 8.96. The minimum atomic E-state index is -3.40. The summed E-state index contributed by atoms with van der Waals surface area (Å²) >= 11 is 3.28. The van der Waals surface area contributed by atoms with Gasteiger partial charge in [-0.25, -0.2) is 8.42 Å². The molecule has 2 rings (SSSR count). The number of sulfonamides is 1. The van der Waals surface area contributed by atoms with E-state index in [1.165, 1.54) is 0 Å². The van der Waals surface area contributed by atoms with Crippen LogP contribution in [0.1, 0.15) is 32.6 Å². The van der Waals surface area contributed by atoms with Crippen molar-refractivity contribution in [3.63, 3.8) is 0 Å². The topological polar surface area (TPSA) is 63.4 Å². The zero-order valence-corrected chi connectivity index (χ0v) is 13.4. The van der Waals surface area contributed by atoms with Crippen molar-refractivity contribution < 1.29 is 8.42 Å². The van der Waals surface area contributed by atoms with E-state index >= 15 is 0 Å². The molecule has 0 saturated heterocycles. The van der Waals surface area contributed by atoms with E-state index in [0.717, 1.165) is 25.7 Å². The normalized spacial score (nSPS) is 15.9. The lowest BCUT2D eigenvalue weighted by atomic mass is 10.3. The van der Waals surface area contributed by atoms with Gasteiger partial charge < -0.3 is 5.73 Å². The van der Waals surface area contributed by atoms with E-state index in [0.29, 0.717) is 21.6 Å². The third-order valence-electron chi connectivity index (χ3n) is 3.26. The zero-order chi connectivity index (χ0) is 14.0. The Hall–Kier alpha value is -0.590. The van der Waals surface area contributed by atoms with E-state index in [-0.39, 0.29) is 6.04 Å². The second-order valence-electron chi connectivity index (χ2n) is 4.88. The maximum Gasteiger partial charge on any atom is 0.243 e. The fraction of sp³-hybridized carbons (Fsp3) is 0.538. The van der Waals surface area contributed by atoms with Crippen molar-refractivity contribution in [2.45, 2.75) is 43.5 Å². The van der Waals surface area contributed by atoms with Crippen LogP contribution in [0.3, 0.4) is 0 Å². The second-order valence-corrected chi connectivity index (χ2v) is 7.63. The molecule has 2 N–H and O–H groups in total. The number of rotatable bonds is 6. The average Bonchev–Trinajstić information content (AvgIpc) is 3.17. The molecule has 4 nitrogen and oxygen atoms in total. The fourth-order valence-electron chi connectivity index (χ4n) is 1.98. The molecule has 1 fully saturated rings. The number of benzene rings is 1. The molecule has 0 bridgehead atoms. The highest BCUT2D eigenvalue weighted by atomic mass is 79.9. The van der Waals surface area contributed by atoms with E-state index in [9.17, 15) is 8.42 Å². The molecule has 0 amide bonds. The van der Waals surface area contributed by atoms with Crippen LogP contribution in [0.15, 0.2) is 27.6 Å². The molecule has 106 valence electrons. The van der Waals surface area contributed by atoms with Crippen LogP contribution in [-0.2, 0) is 10.0 Å². The summed E-state index contributed by atoms with van der Waals surface area (Å²) < 4.78 is 27.6. The highest BCUT2D eigenvalue weighted by Gasteiger charge is 2.37. The van der Waals surface area contributed by atoms with Gasteiger partial charge in [0.1, 0.15) is 0 Å². The van der Waals surface area contributed by atoms with Crippen molar-refractivity contribution >= 4 is 31.6 Å². The lowest BCUT2D eigenvalue weighted by molar-refractivity contribution is 0.395. The summed E-state index contributed by atoms with van der Waals surface area (Å²) in [7, 11) is -3.40. The van der Waals surface area contributed by atoms with Crippen LogP contribution in [0.5, 0.6) is 0 Å². The molecular weight excluding hydrogens is 328 g/mol. The van der Waals surface area contributed by atoms with Crippen molar-refractivity contribution in [2.75, 3.05) is 12.3 Å². The molecule has 1 aromatic rings. The standard InChI is InChI=1S/C13H19BrN2O2S/c1-2-3-8-16(10-4-5-10)19(17,18)11-6-7-13(15)12(14)9-11/h6-7,9-10H,2-5,8,15H2,1H3. The number of unbranched alkanes of at least 4 members (excludes halogenated alkanes) is 1. The number of nitrogens with zero attached hydrogens (tertiary/aromatic N) is 1. The number of nitrogen functional groups attached to an aromatic ring is 1. The van der Waals surface area contributed by atoms with Crippen molar-refractivity contribution in [1.29, 1.82) is 0 Å². The van der Waals surface area contributed by atoms with Crippen molar-refractivity contribution in [3.8, 4) is 0 Å². The number of nitrogens with two attached hydrogens (primary N) is 1. The average molecular weight is 347 g/mol. The maximum atomic E-state index is 12.6. The van der Waals surface area contributed by atoms with Crippen LogP contribution in [-0.4, -0.2) is 25.3 Å². The van der Waals surface area contributed by atoms with Crippen LogP contribution < -0.4 is 5.73 Å². The Bertz CT molecular complexity index is 556. The predicted octanol–water partition coefficient (Wildman–Crippen LogP) is 2.98. The molecule has 1 aliphatic carbocycles. The van der Waals surface area contributed by atoms with Crippen LogP contribution in [0.2, 0.25) is 0 Å². The highest BCUT2D eigenvalue weighted by molar-refractivity contribution is 9.10. The van der Waals surface area contributed by atoms with E-state index in [4.69, 9.17) is 5.73 Å². The monoisotopic (exact) mass is 346 g/mol. The van der Waals surface area contributed by atoms with Gasteiger partial charge in [-0.3, -0.25) is 0 Å². The van der Waals surface area contributed by atoms with E-state index in [1.807, 2.05) is 0 Å². The molecule has 0 heterocycles. The zero-order valence-electron chi connectivity index (χ0n) is 11.0. The fourth-order valence-corrected chi connectivity index (χ4v) is 4.26. The van der Waals surface area contributed by atoms with Gasteiger partial charge in [0.15, 0.2) is 0 Å². The van der Waals surface area contributed by atoms with Gasteiger partial charge in [0.2, 0.25) is 10.0 Å². The maximum absolute atomic E-state index is 12.6. The van der Waals surface area contributed by atoms with Gasteiger partial charge in [-0.15, -0.1) is 0 Å². The highest BCUT2D eigenvalue weighted by Crippen LogP contribution is 2.33. The van der Waals surface area contributed by atoms with Gasteiger partial charge in [0, 0.05) is 22.7 Å². The lowest BCUT2D eigenvalue weighted by Gasteiger charge is -2.22.